The average molecular weight is 389 g/mol. The minimum Gasteiger partial charge on any atom is -0.102 e. The minimum atomic E-state index is 0.473. The molecule has 0 saturated carbocycles. The maximum absolute atomic E-state index is 5.61. The standard InChI is InChI=1S/C10H12.C9H10.C8H7Cl/c1-3-9(2)10-7-5-4-6-8-10;1-8(2)9-6-4-3-5-7-9;1-7(9)8-5-3-2-4-6-8/h3-9H,1H2,2H3;3-7H,1H2,2H3;2-6H,1H2. The first kappa shape index (κ1) is 23.2. The highest BCUT2D eigenvalue weighted by Gasteiger charge is 1.96. The second kappa shape index (κ2) is 13.4. The fraction of sp³-hybridized carbons (Fsp3) is 0.111. The van der Waals surface area contributed by atoms with Crippen molar-refractivity contribution in [2.24, 2.45) is 0 Å². The van der Waals surface area contributed by atoms with Gasteiger partial charge in [-0.1, -0.05) is 134 Å². The molecule has 1 unspecified atom stereocenters. The number of benzene rings is 3. The van der Waals surface area contributed by atoms with Gasteiger partial charge in [-0.3, -0.25) is 0 Å². The number of rotatable bonds is 4. The lowest BCUT2D eigenvalue weighted by molar-refractivity contribution is 0.971. The molecule has 0 fully saturated rings. The van der Waals surface area contributed by atoms with E-state index < -0.39 is 0 Å². The van der Waals surface area contributed by atoms with Gasteiger partial charge in [0.05, 0.1) is 0 Å². The predicted octanol–water partition coefficient (Wildman–Crippen LogP) is 8.59. The van der Waals surface area contributed by atoms with Gasteiger partial charge in [-0.15, -0.1) is 6.58 Å². The molecule has 0 heterocycles. The highest BCUT2D eigenvalue weighted by molar-refractivity contribution is 6.48. The number of halogens is 1. The maximum Gasteiger partial charge on any atom is 0.0406 e. The van der Waals surface area contributed by atoms with Gasteiger partial charge in [-0.05, 0) is 29.5 Å². The number of hydrogen-bond acceptors (Lipinski definition) is 0. The third kappa shape index (κ3) is 9.21. The molecule has 0 saturated heterocycles. The lowest BCUT2D eigenvalue weighted by Gasteiger charge is -2.03. The van der Waals surface area contributed by atoms with Crippen LogP contribution in [0.2, 0.25) is 0 Å². The molecule has 1 heteroatoms. The van der Waals surface area contributed by atoms with Crippen molar-refractivity contribution in [3.63, 3.8) is 0 Å². The quantitative estimate of drug-likeness (QED) is 0.392. The van der Waals surface area contributed by atoms with Crippen molar-refractivity contribution in [1.29, 1.82) is 0 Å². The zero-order chi connectivity index (χ0) is 20.8. The summed E-state index contributed by atoms with van der Waals surface area (Å²) in [7, 11) is 0. The van der Waals surface area contributed by atoms with Crippen LogP contribution >= 0.6 is 11.6 Å². The molecule has 0 aliphatic carbocycles. The Hall–Kier alpha value is -2.83. The van der Waals surface area contributed by atoms with Crippen molar-refractivity contribution in [3.8, 4) is 0 Å². The summed E-state index contributed by atoms with van der Waals surface area (Å²) in [6, 6.07) is 30.2. The molecule has 0 radical (unpaired) electrons. The Morgan fingerprint density at radius 2 is 1.14 bits per heavy atom. The van der Waals surface area contributed by atoms with E-state index in [0.29, 0.717) is 11.0 Å². The van der Waals surface area contributed by atoms with Crippen LogP contribution in [0.15, 0.2) is 117 Å². The van der Waals surface area contributed by atoms with Crippen molar-refractivity contribution >= 4 is 22.2 Å². The Morgan fingerprint density at radius 3 is 1.43 bits per heavy atom. The molecule has 0 aliphatic rings. The SMILES string of the molecule is C=C(C)c1ccccc1.C=C(Cl)c1ccccc1.C=CC(C)c1ccccc1. The monoisotopic (exact) mass is 388 g/mol. The third-order valence-corrected chi connectivity index (χ3v) is 4.25. The Bertz CT molecular complexity index is 784. The summed E-state index contributed by atoms with van der Waals surface area (Å²) in [5.74, 6) is 0.473. The Labute approximate surface area is 175 Å². The van der Waals surface area contributed by atoms with Gasteiger partial charge in [0.2, 0.25) is 0 Å². The van der Waals surface area contributed by atoms with Crippen LogP contribution in [0.5, 0.6) is 0 Å². The van der Waals surface area contributed by atoms with E-state index in [9.17, 15) is 0 Å². The average Bonchev–Trinajstić information content (AvgIpc) is 2.76. The van der Waals surface area contributed by atoms with Crippen LogP contribution in [0.3, 0.4) is 0 Å². The van der Waals surface area contributed by atoms with E-state index >= 15 is 0 Å². The molecular formula is C27H29Cl. The van der Waals surface area contributed by atoms with Gasteiger partial charge in [0.1, 0.15) is 0 Å². The van der Waals surface area contributed by atoms with Crippen LogP contribution < -0.4 is 0 Å². The van der Waals surface area contributed by atoms with E-state index in [1.54, 1.807) is 0 Å². The lowest BCUT2D eigenvalue weighted by Crippen LogP contribution is -1.85. The molecule has 0 amide bonds. The summed E-state index contributed by atoms with van der Waals surface area (Å²) in [5.41, 5.74) is 4.66. The molecular weight excluding hydrogens is 360 g/mol. The highest BCUT2D eigenvalue weighted by atomic mass is 35.5. The second-order valence-electron chi connectivity index (χ2n) is 6.35. The molecule has 0 nitrogen and oxygen atoms in total. The van der Waals surface area contributed by atoms with E-state index in [1.165, 1.54) is 11.1 Å². The summed E-state index contributed by atoms with van der Waals surface area (Å²) in [5, 5.41) is 0.593. The van der Waals surface area contributed by atoms with Crippen LogP contribution in [0.25, 0.3) is 10.6 Å². The molecule has 1 atom stereocenters. The predicted molar refractivity (Wildman–Crippen MR) is 128 cm³/mol. The van der Waals surface area contributed by atoms with E-state index in [-0.39, 0.29) is 0 Å². The summed E-state index contributed by atoms with van der Waals surface area (Å²) in [6.45, 7) is 15.3. The largest absolute Gasteiger partial charge is 0.102 e. The molecule has 3 rings (SSSR count). The summed E-state index contributed by atoms with van der Waals surface area (Å²) in [6.07, 6.45) is 1.95. The Kier molecular flexibility index (Phi) is 11.1. The van der Waals surface area contributed by atoms with E-state index in [1.807, 2.05) is 67.6 Å². The topological polar surface area (TPSA) is 0 Å². The summed E-state index contributed by atoms with van der Waals surface area (Å²) < 4.78 is 0. The van der Waals surface area contributed by atoms with Crippen LogP contribution in [0, 0.1) is 0 Å². The van der Waals surface area contributed by atoms with Gasteiger partial charge < -0.3 is 0 Å². The lowest BCUT2D eigenvalue weighted by atomic mass is 10.0. The molecule has 0 aromatic heterocycles. The Balaban J connectivity index is 0.000000210. The maximum atomic E-state index is 5.61. The van der Waals surface area contributed by atoms with Crippen LogP contribution in [-0.4, -0.2) is 0 Å². The summed E-state index contributed by atoms with van der Waals surface area (Å²) >= 11 is 5.61. The fourth-order valence-corrected chi connectivity index (χ4v) is 2.36. The molecule has 0 bridgehead atoms. The second-order valence-corrected chi connectivity index (χ2v) is 6.81. The van der Waals surface area contributed by atoms with Gasteiger partial charge in [0.25, 0.3) is 0 Å². The molecule has 144 valence electrons. The third-order valence-electron chi connectivity index (χ3n) is 4.03. The van der Waals surface area contributed by atoms with Crippen molar-refractivity contribution < 1.29 is 0 Å². The van der Waals surface area contributed by atoms with Gasteiger partial charge >= 0.3 is 0 Å². The minimum absolute atomic E-state index is 0.473. The molecule has 0 N–H and O–H groups in total. The van der Waals surface area contributed by atoms with E-state index in [4.69, 9.17) is 11.6 Å². The Morgan fingerprint density at radius 1 is 0.750 bits per heavy atom. The van der Waals surface area contributed by atoms with Crippen molar-refractivity contribution in [1.82, 2.24) is 0 Å². The molecule has 28 heavy (non-hydrogen) atoms. The van der Waals surface area contributed by atoms with Crippen molar-refractivity contribution in [2.75, 3.05) is 0 Å². The molecule has 3 aromatic rings. The van der Waals surface area contributed by atoms with Gasteiger partial charge in [-0.25, -0.2) is 0 Å². The summed E-state index contributed by atoms with van der Waals surface area (Å²) in [4.78, 5) is 0. The molecule has 0 spiro atoms. The van der Waals surface area contributed by atoms with Gasteiger partial charge in [0.15, 0.2) is 0 Å². The number of allylic oxidation sites excluding steroid dienone is 2. The first-order chi connectivity index (χ1) is 13.5. The normalized spacial score (nSPS) is 10.2. The van der Waals surface area contributed by atoms with Crippen molar-refractivity contribution in [3.05, 3.63) is 133 Å². The zero-order valence-corrected chi connectivity index (χ0v) is 17.6. The van der Waals surface area contributed by atoms with Gasteiger partial charge in [0, 0.05) is 5.03 Å². The first-order valence-corrected chi connectivity index (χ1v) is 9.61. The van der Waals surface area contributed by atoms with Crippen LogP contribution in [0.1, 0.15) is 36.5 Å². The van der Waals surface area contributed by atoms with E-state index in [0.717, 1.165) is 11.1 Å². The van der Waals surface area contributed by atoms with Crippen LogP contribution in [-0.2, 0) is 0 Å². The number of hydrogen-bond donors (Lipinski definition) is 0. The van der Waals surface area contributed by atoms with E-state index in [2.05, 4.69) is 63.1 Å². The zero-order valence-electron chi connectivity index (χ0n) is 16.8. The van der Waals surface area contributed by atoms with Gasteiger partial charge in [-0.2, -0.15) is 0 Å². The first-order valence-electron chi connectivity index (χ1n) is 9.24. The fourth-order valence-electron chi connectivity index (χ4n) is 2.23. The smallest absolute Gasteiger partial charge is 0.0406 e. The highest BCUT2D eigenvalue weighted by Crippen LogP contribution is 2.15. The van der Waals surface area contributed by atoms with Crippen LogP contribution in [0.4, 0.5) is 0 Å². The molecule has 3 aromatic carbocycles. The molecule has 0 aliphatic heterocycles. The van der Waals surface area contributed by atoms with Crippen molar-refractivity contribution in [2.45, 2.75) is 19.8 Å².